The number of ether oxygens (including phenoxy) is 1. The Morgan fingerprint density at radius 2 is 1.65 bits per heavy atom. The molecule has 0 aliphatic rings. The van der Waals surface area contributed by atoms with E-state index < -0.39 is 0 Å². The van der Waals surface area contributed by atoms with Crippen LogP contribution in [0.5, 0.6) is 5.75 Å². The highest BCUT2D eigenvalue weighted by atomic mass is 19.1. The highest BCUT2D eigenvalue weighted by Crippen LogP contribution is 2.30. The fourth-order valence-corrected chi connectivity index (χ4v) is 2.24. The van der Waals surface area contributed by atoms with Gasteiger partial charge in [0.25, 0.3) is 0 Å². The molecule has 0 saturated carbocycles. The minimum atomic E-state index is -0.227. The van der Waals surface area contributed by atoms with E-state index in [0.29, 0.717) is 0 Å². The highest BCUT2D eigenvalue weighted by Gasteiger charge is 2.17. The van der Waals surface area contributed by atoms with Crippen molar-refractivity contribution < 1.29 is 9.13 Å². The Labute approximate surface area is 119 Å². The van der Waals surface area contributed by atoms with Gasteiger partial charge >= 0.3 is 0 Å². The second kappa shape index (κ2) is 6.53. The molecule has 1 unspecified atom stereocenters. The average molecular weight is 273 g/mol. The molecule has 1 atom stereocenters. The summed E-state index contributed by atoms with van der Waals surface area (Å²) < 4.78 is 18.9. The van der Waals surface area contributed by atoms with E-state index in [9.17, 15) is 4.39 Å². The monoisotopic (exact) mass is 273 g/mol. The molecule has 0 spiro atoms. The number of benzene rings is 2. The number of hydrogen-bond acceptors (Lipinski definition) is 2. The van der Waals surface area contributed by atoms with Crippen LogP contribution in [0, 0.1) is 5.82 Å². The van der Waals surface area contributed by atoms with E-state index in [-0.39, 0.29) is 18.0 Å². The van der Waals surface area contributed by atoms with E-state index in [1.165, 1.54) is 12.1 Å². The molecular weight excluding hydrogens is 253 g/mol. The van der Waals surface area contributed by atoms with Gasteiger partial charge in [0.15, 0.2) is 0 Å². The highest BCUT2D eigenvalue weighted by molar-refractivity contribution is 5.41. The zero-order chi connectivity index (χ0) is 14.5. The maximum absolute atomic E-state index is 13.1. The van der Waals surface area contributed by atoms with Gasteiger partial charge in [0.2, 0.25) is 0 Å². The van der Waals surface area contributed by atoms with Crippen molar-refractivity contribution in [3.05, 3.63) is 65.5 Å². The lowest BCUT2D eigenvalue weighted by Gasteiger charge is -2.22. The summed E-state index contributed by atoms with van der Waals surface area (Å²) in [5, 5.41) is 3.27. The standard InChI is InChI=1S/C17H20FNO/c1-12(2)20-16-7-5-4-6-15(16)17(19-3)13-8-10-14(18)11-9-13/h4-12,17,19H,1-3H3. The van der Waals surface area contributed by atoms with Crippen molar-refractivity contribution in [3.63, 3.8) is 0 Å². The van der Waals surface area contributed by atoms with Crippen molar-refractivity contribution in [2.75, 3.05) is 7.05 Å². The second-order valence-corrected chi connectivity index (χ2v) is 4.98. The SMILES string of the molecule is CNC(c1ccc(F)cc1)c1ccccc1OC(C)C. The van der Waals surface area contributed by atoms with Crippen molar-refractivity contribution >= 4 is 0 Å². The first kappa shape index (κ1) is 14.5. The second-order valence-electron chi connectivity index (χ2n) is 4.98. The minimum absolute atomic E-state index is 0.0226. The number of hydrogen-bond donors (Lipinski definition) is 1. The van der Waals surface area contributed by atoms with Crippen LogP contribution < -0.4 is 10.1 Å². The van der Waals surface area contributed by atoms with Gasteiger partial charge in [-0.1, -0.05) is 30.3 Å². The van der Waals surface area contributed by atoms with Gasteiger partial charge in [0.05, 0.1) is 12.1 Å². The maximum atomic E-state index is 13.1. The summed E-state index contributed by atoms with van der Waals surface area (Å²) in [6.07, 6.45) is 0.113. The van der Waals surface area contributed by atoms with Crippen LogP contribution in [0.1, 0.15) is 31.0 Å². The first-order chi connectivity index (χ1) is 9.61. The molecule has 1 N–H and O–H groups in total. The van der Waals surface area contributed by atoms with E-state index in [0.717, 1.165) is 16.9 Å². The summed E-state index contributed by atoms with van der Waals surface area (Å²) in [5.41, 5.74) is 2.06. The van der Waals surface area contributed by atoms with Crippen LogP contribution in [0.2, 0.25) is 0 Å². The third-order valence-electron chi connectivity index (χ3n) is 3.08. The molecular formula is C17H20FNO. The lowest BCUT2D eigenvalue weighted by molar-refractivity contribution is 0.238. The van der Waals surface area contributed by atoms with Crippen LogP contribution in [0.15, 0.2) is 48.5 Å². The third-order valence-corrected chi connectivity index (χ3v) is 3.08. The molecule has 2 aromatic rings. The largest absolute Gasteiger partial charge is 0.491 e. The van der Waals surface area contributed by atoms with E-state index in [2.05, 4.69) is 5.32 Å². The Bertz CT molecular complexity index is 551. The molecule has 0 aliphatic carbocycles. The van der Waals surface area contributed by atoms with Gasteiger partial charge in [0, 0.05) is 5.56 Å². The van der Waals surface area contributed by atoms with Gasteiger partial charge in [0.1, 0.15) is 11.6 Å². The molecule has 2 aromatic carbocycles. The Morgan fingerprint density at radius 1 is 1.00 bits per heavy atom. The quantitative estimate of drug-likeness (QED) is 0.891. The Morgan fingerprint density at radius 3 is 2.25 bits per heavy atom. The molecule has 0 radical (unpaired) electrons. The molecule has 20 heavy (non-hydrogen) atoms. The fraction of sp³-hybridized carbons (Fsp3) is 0.294. The molecule has 0 saturated heterocycles. The minimum Gasteiger partial charge on any atom is -0.491 e. The predicted molar refractivity (Wildman–Crippen MR) is 79.5 cm³/mol. The Kier molecular flexibility index (Phi) is 4.74. The summed E-state index contributed by atoms with van der Waals surface area (Å²) in [5.74, 6) is 0.626. The topological polar surface area (TPSA) is 21.3 Å². The lowest BCUT2D eigenvalue weighted by Crippen LogP contribution is -2.19. The van der Waals surface area contributed by atoms with Crippen LogP contribution in [0.3, 0.4) is 0 Å². The fourth-order valence-electron chi connectivity index (χ4n) is 2.24. The molecule has 2 nitrogen and oxygen atoms in total. The lowest BCUT2D eigenvalue weighted by atomic mass is 9.98. The number of para-hydroxylation sites is 1. The van der Waals surface area contributed by atoms with Gasteiger partial charge in [-0.3, -0.25) is 0 Å². The number of rotatable bonds is 5. The summed E-state index contributed by atoms with van der Waals surface area (Å²) in [7, 11) is 1.89. The maximum Gasteiger partial charge on any atom is 0.124 e. The molecule has 0 amide bonds. The molecule has 0 bridgehead atoms. The normalized spacial score (nSPS) is 12.4. The zero-order valence-electron chi connectivity index (χ0n) is 12.1. The van der Waals surface area contributed by atoms with Crippen molar-refractivity contribution in [2.24, 2.45) is 0 Å². The van der Waals surface area contributed by atoms with Crippen molar-refractivity contribution in [3.8, 4) is 5.75 Å². The molecule has 2 rings (SSSR count). The summed E-state index contributed by atoms with van der Waals surface area (Å²) in [4.78, 5) is 0. The number of halogens is 1. The first-order valence-corrected chi connectivity index (χ1v) is 6.80. The van der Waals surface area contributed by atoms with Gasteiger partial charge in [-0.2, -0.15) is 0 Å². The van der Waals surface area contributed by atoms with Crippen LogP contribution >= 0.6 is 0 Å². The summed E-state index contributed by atoms with van der Waals surface area (Å²) in [6.45, 7) is 4.01. The molecule has 3 heteroatoms. The van der Waals surface area contributed by atoms with Crippen molar-refractivity contribution in [1.29, 1.82) is 0 Å². The Balaban J connectivity index is 2.38. The molecule has 0 fully saturated rings. The van der Waals surface area contributed by atoms with E-state index in [1.807, 2.05) is 45.2 Å². The van der Waals surface area contributed by atoms with Crippen LogP contribution in [0.4, 0.5) is 4.39 Å². The molecule has 106 valence electrons. The third kappa shape index (κ3) is 3.36. The van der Waals surface area contributed by atoms with Crippen molar-refractivity contribution in [2.45, 2.75) is 26.0 Å². The summed E-state index contributed by atoms with van der Waals surface area (Å²) in [6, 6.07) is 14.5. The van der Waals surface area contributed by atoms with E-state index >= 15 is 0 Å². The van der Waals surface area contributed by atoms with Crippen LogP contribution in [0.25, 0.3) is 0 Å². The van der Waals surface area contributed by atoms with Gasteiger partial charge in [-0.25, -0.2) is 4.39 Å². The van der Waals surface area contributed by atoms with E-state index in [1.54, 1.807) is 12.1 Å². The van der Waals surface area contributed by atoms with E-state index in [4.69, 9.17) is 4.74 Å². The first-order valence-electron chi connectivity index (χ1n) is 6.80. The molecule has 0 aromatic heterocycles. The predicted octanol–water partition coefficient (Wildman–Crippen LogP) is 3.92. The van der Waals surface area contributed by atoms with Crippen LogP contribution in [-0.4, -0.2) is 13.2 Å². The average Bonchev–Trinajstić information content (AvgIpc) is 2.43. The van der Waals surface area contributed by atoms with Crippen LogP contribution in [-0.2, 0) is 0 Å². The summed E-state index contributed by atoms with van der Waals surface area (Å²) >= 11 is 0. The Hall–Kier alpha value is -1.87. The van der Waals surface area contributed by atoms with Gasteiger partial charge < -0.3 is 10.1 Å². The zero-order valence-corrected chi connectivity index (χ0v) is 12.1. The molecule has 0 heterocycles. The van der Waals surface area contributed by atoms with Crippen molar-refractivity contribution in [1.82, 2.24) is 5.32 Å². The van der Waals surface area contributed by atoms with Gasteiger partial charge in [-0.15, -0.1) is 0 Å². The van der Waals surface area contributed by atoms with Gasteiger partial charge in [-0.05, 0) is 44.7 Å². The molecule has 0 aliphatic heterocycles. The number of nitrogens with one attached hydrogen (secondary N) is 1. The smallest absolute Gasteiger partial charge is 0.124 e.